The van der Waals surface area contributed by atoms with Gasteiger partial charge in [-0.2, -0.15) is 4.31 Å². The normalized spacial score (nSPS) is 20.9. The molecule has 0 aromatic heterocycles. The fourth-order valence-corrected chi connectivity index (χ4v) is 4.76. The first kappa shape index (κ1) is 15.0. The van der Waals surface area contributed by atoms with E-state index in [4.69, 9.17) is 0 Å². The van der Waals surface area contributed by atoms with Crippen molar-refractivity contribution < 1.29 is 8.42 Å². The molecule has 0 radical (unpaired) electrons. The lowest BCUT2D eigenvalue weighted by Gasteiger charge is -2.18. The third kappa shape index (κ3) is 3.18. The van der Waals surface area contributed by atoms with Crippen molar-refractivity contribution in [2.24, 2.45) is 5.92 Å². The van der Waals surface area contributed by atoms with E-state index in [9.17, 15) is 8.42 Å². The summed E-state index contributed by atoms with van der Waals surface area (Å²) < 4.78 is 27.7. The lowest BCUT2D eigenvalue weighted by atomic mass is 10.1. The Kier molecular flexibility index (Phi) is 4.66. The van der Waals surface area contributed by atoms with Gasteiger partial charge in [0, 0.05) is 17.6 Å². The molecule has 0 spiro atoms. The van der Waals surface area contributed by atoms with Gasteiger partial charge in [0.1, 0.15) is 0 Å². The number of halogens is 1. The molecule has 1 heterocycles. The van der Waals surface area contributed by atoms with E-state index in [2.05, 4.69) is 21.2 Å². The summed E-state index contributed by atoms with van der Waals surface area (Å²) in [7, 11) is -1.47. The highest BCUT2D eigenvalue weighted by Crippen LogP contribution is 2.27. The monoisotopic (exact) mass is 346 g/mol. The molecule has 1 aromatic carbocycles. The first-order chi connectivity index (χ1) is 8.95. The summed E-state index contributed by atoms with van der Waals surface area (Å²) in [4.78, 5) is 0.409. The van der Waals surface area contributed by atoms with Crippen molar-refractivity contribution in [2.45, 2.75) is 18.2 Å². The van der Waals surface area contributed by atoms with Crippen LogP contribution in [0.25, 0.3) is 0 Å². The molecule has 2 rings (SSSR count). The van der Waals surface area contributed by atoms with Gasteiger partial charge in [-0.15, -0.1) is 0 Å². The third-order valence-corrected chi connectivity index (χ3v) is 6.01. The van der Waals surface area contributed by atoms with Crippen LogP contribution in [-0.2, 0) is 10.0 Å². The number of sulfonamides is 1. The number of aryl methyl sites for hydroxylation is 1. The molecule has 1 N–H and O–H groups in total. The zero-order valence-electron chi connectivity index (χ0n) is 11.2. The minimum Gasteiger partial charge on any atom is -0.319 e. The van der Waals surface area contributed by atoms with E-state index in [1.807, 2.05) is 26.1 Å². The van der Waals surface area contributed by atoms with Crippen molar-refractivity contribution in [3.8, 4) is 0 Å². The molecule has 0 aliphatic carbocycles. The Labute approximate surface area is 123 Å². The molecule has 1 aliphatic rings. The lowest BCUT2D eigenvalue weighted by molar-refractivity contribution is 0.451. The molecule has 19 heavy (non-hydrogen) atoms. The SMILES string of the molecule is CNC[C@@H]1CCN(S(=O)(=O)c2cc(Br)ccc2C)C1. The van der Waals surface area contributed by atoms with Crippen molar-refractivity contribution in [3.63, 3.8) is 0 Å². The van der Waals surface area contributed by atoms with Crippen molar-refractivity contribution in [1.29, 1.82) is 0 Å². The smallest absolute Gasteiger partial charge is 0.243 e. The second kappa shape index (κ2) is 5.91. The average molecular weight is 347 g/mol. The molecule has 1 atom stereocenters. The highest BCUT2D eigenvalue weighted by molar-refractivity contribution is 9.10. The Balaban J connectivity index is 2.26. The van der Waals surface area contributed by atoms with Gasteiger partial charge in [0.2, 0.25) is 10.0 Å². The third-order valence-electron chi connectivity index (χ3n) is 3.51. The van der Waals surface area contributed by atoms with Crippen LogP contribution >= 0.6 is 15.9 Å². The minimum absolute atomic E-state index is 0.409. The van der Waals surface area contributed by atoms with Crippen LogP contribution in [0.15, 0.2) is 27.6 Å². The molecule has 1 fully saturated rings. The molecule has 6 heteroatoms. The van der Waals surface area contributed by atoms with Crippen LogP contribution in [0.4, 0.5) is 0 Å². The predicted molar refractivity (Wildman–Crippen MR) is 79.7 cm³/mol. The second-order valence-corrected chi connectivity index (χ2v) is 7.81. The molecule has 106 valence electrons. The van der Waals surface area contributed by atoms with Crippen molar-refractivity contribution in [2.75, 3.05) is 26.7 Å². The van der Waals surface area contributed by atoms with Gasteiger partial charge in [-0.1, -0.05) is 22.0 Å². The summed E-state index contributed by atoms with van der Waals surface area (Å²) in [5.41, 5.74) is 0.792. The maximum Gasteiger partial charge on any atom is 0.243 e. The molecule has 1 aromatic rings. The highest BCUT2D eigenvalue weighted by Gasteiger charge is 2.33. The lowest BCUT2D eigenvalue weighted by Crippen LogP contribution is -2.30. The minimum atomic E-state index is -3.37. The van der Waals surface area contributed by atoms with E-state index in [0.29, 0.717) is 23.9 Å². The first-order valence-corrected chi connectivity index (χ1v) is 8.59. The Morgan fingerprint density at radius 3 is 2.89 bits per heavy atom. The summed E-state index contributed by atoms with van der Waals surface area (Å²) in [5, 5.41) is 3.11. The van der Waals surface area contributed by atoms with Crippen LogP contribution < -0.4 is 5.32 Å². The number of benzene rings is 1. The summed E-state index contributed by atoms with van der Waals surface area (Å²) in [5.74, 6) is 0.409. The topological polar surface area (TPSA) is 49.4 Å². The molecule has 0 saturated carbocycles. The van der Waals surface area contributed by atoms with E-state index in [1.54, 1.807) is 10.4 Å². The van der Waals surface area contributed by atoms with Gasteiger partial charge in [-0.3, -0.25) is 0 Å². The molecule has 0 unspecified atom stereocenters. The van der Waals surface area contributed by atoms with Crippen LogP contribution in [-0.4, -0.2) is 39.4 Å². The number of nitrogens with zero attached hydrogens (tertiary/aromatic N) is 1. The zero-order chi connectivity index (χ0) is 14.0. The van der Waals surface area contributed by atoms with Gasteiger partial charge in [0.05, 0.1) is 4.90 Å². The number of nitrogens with one attached hydrogen (secondary N) is 1. The van der Waals surface area contributed by atoms with Crippen LogP contribution in [0, 0.1) is 12.8 Å². The summed E-state index contributed by atoms with van der Waals surface area (Å²) in [6.07, 6.45) is 0.924. The summed E-state index contributed by atoms with van der Waals surface area (Å²) in [6, 6.07) is 5.39. The predicted octanol–water partition coefficient (Wildman–Crippen LogP) is 1.99. The number of hydrogen-bond acceptors (Lipinski definition) is 3. The van der Waals surface area contributed by atoms with Crippen molar-refractivity contribution in [1.82, 2.24) is 9.62 Å². The Morgan fingerprint density at radius 2 is 2.21 bits per heavy atom. The average Bonchev–Trinajstić information content (AvgIpc) is 2.82. The Hall–Kier alpha value is -0.430. The first-order valence-electron chi connectivity index (χ1n) is 6.36. The molecular weight excluding hydrogens is 328 g/mol. The van der Waals surface area contributed by atoms with E-state index in [-0.39, 0.29) is 0 Å². The zero-order valence-corrected chi connectivity index (χ0v) is 13.6. The Morgan fingerprint density at radius 1 is 1.47 bits per heavy atom. The van der Waals surface area contributed by atoms with Gasteiger partial charge in [-0.25, -0.2) is 8.42 Å². The van der Waals surface area contributed by atoms with E-state index >= 15 is 0 Å². The number of rotatable bonds is 4. The van der Waals surface area contributed by atoms with E-state index in [1.165, 1.54) is 0 Å². The molecule has 4 nitrogen and oxygen atoms in total. The molecule has 0 amide bonds. The maximum atomic E-state index is 12.6. The summed E-state index contributed by atoms with van der Waals surface area (Å²) >= 11 is 3.34. The highest BCUT2D eigenvalue weighted by atomic mass is 79.9. The fraction of sp³-hybridized carbons (Fsp3) is 0.538. The van der Waals surface area contributed by atoms with Crippen LogP contribution in [0.3, 0.4) is 0 Å². The Bertz CT molecular complexity index is 560. The van der Waals surface area contributed by atoms with Crippen molar-refractivity contribution in [3.05, 3.63) is 28.2 Å². The van der Waals surface area contributed by atoms with E-state index < -0.39 is 10.0 Å². The number of hydrogen-bond donors (Lipinski definition) is 1. The van der Waals surface area contributed by atoms with E-state index in [0.717, 1.165) is 23.0 Å². The second-order valence-electron chi connectivity index (χ2n) is 4.99. The van der Waals surface area contributed by atoms with Gasteiger partial charge < -0.3 is 5.32 Å². The molecule has 1 saturated heterocycles. The van der Waals surface area contributed by atoms with Crippen LogP contribution in [0.2, 0.25) is 0 Å². The fourth-order valence-electron chi connectivity index (χ4n) is 2.46. The molecule has 1 aliphatic heterocycles. The van der Waals surface area contributed by atoms with Gasteiger partial charge in [0.25, 0.3) is 0 Å². The molecule has 0 bridgehead atoms. The summed E-state index contributed by atoms with van der Waals surface area (Å²) in [6.45, 7) is 3.92. The van der Waals surface area contributed by atoms with Gasteiger partial charge in [-0.05, 0) is 50.6 Å². The van der Waals surface area contributed by atoms with Crippen LogP contribution in [0.1, 0.15) is 12.0 Å². The van der Waals surface area contributed by atoms with Crippen molar-refractivity contribution >= 4 is 26.0 Å². The van der Waals surface area contributed by atoms with Gasteiger partial charge in [0.15, 0.2) is 0 Å². The maximum absolute atomic E-state index is 12.6. The van der Waals surface area contributed by atoms with Crippen LogP contribution in [0.5, 0.6) is 0 Å². The van der Waals surface area contributed by atoms with Gasteiger partial charge >= 0.3 is 0 Å². The quantitative estimate of drug-likeness (QED) is 0.906. The molecular formula is C13H19BrN2O2S. The largest absolute Gasteiger partial charge is 0.319 e. The standard InChI is InChI=1S/C13H19BrN2O2S/c1-10-3-4-12(14)7-13(10)19(17,18)16-6-5-11(9-16)8-15-2/h3-4,7,11,15H,5-6,8-9H2,1-2H3/t11-/m0/s1.